The summed E-state index contributed by atoms with van der Waals surface area (Å²) in [6, 6.07) is 10.6. The largest absolute Gasteiger partial charge is 0.402 e. The molecule has 29 heavy (non-hydrogen) atoms. The van der Waals surface area contributed by atoms with E-state index in [2.05, 4.69) is 15.5 Å². The summed E-state index contributed by atoms with van der Waals surface area (Å²) in [4.78, 5) is 13.6. The van der Waals surface area contributed by atoms with Crippen LogP contribution in [-0.4, -0.2) is 41.9 Å². The van der Waals surface area contributed by atoms with Gasteiger partial charge in [-0.15, -0.1) is 16.4 Å². The molecule has 3 aromatic rings. The fourth-order valence-electron chi connectivity index (χ4n) is 3.20. The van der Waals surface area contributed by atoms with E-state index in [9.17, 15) is 13.2 Å². The summed E-state index contributed by atoms with van der Waals surface area (Å²) in [6.07, 6.45) is 0.867. The highest BCUT2D eigenvalue weighted by atomic mass is 32.2. The lowest BCUT2D eigenvalue weighted by atomic mass is 9.97. The van der Waals surface area contributed by atoms with Crippen LogP contribution in [0, 0.1) is 12.8 Å². The van der Waals surface area contributed by atoms with Gasteiger partial charge in [0, 0.05) is 19.0 Å². The van der Waals surface area contributed by atoms with Gasteiger partial charge in [-0.3, -0.25) is 10.1 Å². The molecule has 1 aromatic carbocycles. The summed E-state index contributed by atoms with van der Waals surface area (Å²) in [5, 5.41) is 12.3. The molecule has 1 aliphatic heterocycles. The third kappa shape index (κ3) is 4.24. The molecule has 4 rings (SSSR count). The summed E-state index contributed by atoms with van der Waals surface area (Å²) >= 11 is 1.47. The molecular formula is C19H20N4O4S2. The molecule has 0 aliphatic carbocycles. The second kappa shape index (κ2) is 8.05. The number of hydrogen-bond donors (Lipinski definition) is 1. The van der Waals surface area contributed by atoms with Gasteiger partial charge < -0.3 is 4.42 Å². The Balaban J connectivity index is 1.35. The number of anilines is 1. The van der Waals surface area contributed by atoms with Gasteiger partial charge in [0.25, 0.3) is 5.89 Å². The highest BCUT2D eigenvalue weighted by Crippen LogP contribution is 2.27. The molecule has 1 N–H and O–H groups in total. The Kier molecular flexibility index (Phi) is 5.48. The average molecular weight is 433 g/mol. The van der Waals surface area contributed by atoms with Gasteiger partial charge in [-0.2, -0.15) is 4.31 Å². The van der Waals surface area contributed by atoms with Crippen LogP contribution in [-0.2, 0) is 14.8 Å². The molecule has 0 bridgehead atoms. The number of rotatable bonds is 5. The molecule has 152 valence electrons. The molecule has 1 amide bonds. The first kappa shape index (κ1) is 19.7. The molecule has 0 spiro atoms. The Morgan fingerprint density at radius 3 is 2.55 bits per heavy atom. The summed E-state index contributed by atoms with van der Waals surface area (Å²) < 4.78 is 32.5. The number of benzene rings is 1. The Labute approximate surface area is 172 Å². The molecule has 8 nitrogen and oxygen atoms in total. The number of carbonyl (C=O) groups excluding carboxylic acids is 1. The Morgan fingerprint density at radius 1 is 1.17 bits per heavy atom. The van der Waals surface area contributed by atoms with Gasteiger partial charge in [0.2, 0.25) is 15.9 Å². The topological polar surface area (TPSA) is 105 Å². The fraction of sp³-hybridized carbons (Fsp3) is 0.316. The zero-order valence-corrected chi connectivity index (χ0v) is 17.4. The number of sulfonamides is 1. The molecule has 0 saturated carbocycles. The minimum Gasteiger partial charge on any atom is -0.402 e. The van der Waals surface area contributed by atoms with E-state index in [0.29, 0.717) is 31.8 Å². The smallest absolute Gasteiger partial charge is 0.322 e. The van der Waals surface area contributed by atoms with Crippen LogP contribution in [0.15, 0.2) is 51.1 Å². The molecular weight excluding hydrogens is 412 g/mol. The summed E-state index contributed by atoms with van der Waals surface area (Å²) in [5.41, 5.74) is 1.00. The van der Waals surface area contributed by atoms with E-state index in [1.165, 1.54) is 15.6 Å². The number of thiophene rings is 1. The first-order valence-electron chi connectivity index (χ1n) is 9.18. The van der Waals surface area contributed by atoms with Gasteiger partial charge in [0.15, 0.2) is 0 Å². The second-order valence-corrected chi connectivity index (χ2v) is 9.76. The van der Waals surface area contributed by atoms with Crippen LogP contribution in [0.4, 0.5) is 6.01 Å². The van der Waals surface area contributed by atoms with Crippen LogP contribution < -0.4 is 5.32 Å². The minimum absolute atomic E-state index is 0.0492. The number of nitrogens with one attached hydrogen (secondary N) is 1. The highest BCUT2D eigenvalue weighted by Gasteiger charge is 2.32. The average Bonchev–Trinajstić information content (AvgIpc) is 3.40. The number of aryl methyl sites for hydroxylation is 1. The molecule has 0 radical (unpaired) electrons. The molecule has 0 unspecified atom stereocenters. The van der Waals surface area contributed by atoms with Crippen molar-refractivity contribution in [1.82, 2.24) is 14.5 Å². The van der Waals surface area contributed by atoms with Crippen molar-refractivity contribution >= 4 is 33.3 Å². The number of amides is 1. The van der Waals surface area contributed by atoms with Crippen molar-refractivity contribution in [3.63, 3.8) is 0 Å². The van der Waals surface area contributed by atoms with Gasteiger partial charge >= 0.3 is 6.01 Å². The lowest BCUT2D eigenvalue weighted by Gasteiger charge is -2.30. The summed E-state index contributed by atoms with van der Waals surface area (Å²) in [5.74, 6) is -0.190. The number of nitrogens with zero attached hydrogens (tertiary/aromatic N) is 3. The van der Waals surface area contributed by atoms with Crippen molar-refractivity contribution in [2.75, 3.05) is 18.4 Å². The van der Waals surface area contributed by atoms with Crippen LogP contribution in [0.25, 0.3) is 10.8 Å². The zero-order chi connectivity index (χ0) is 20.4. The van der Waals surface area contributed by atoms with Crippen molar-refractivity contribution in [3.8, 4) is 10.8 Å². The molecule has 0 atom stereocenters. The van der Waals surface area contributed by atoms with Crippen molar-refractivity contribution in [3.05, 3.63) is 47.3 Å². The molecule has 1 saturated heterocycles. The number of hydrogen-bond acceptors (Lipinski definition) is 7. The Hall–Kier alpha value is -2.56. The van der Waals surface area contributed by atoms with Crippen molar-refractivity contribution in [1.29, 1.82) is 0 Å². The maximum absolute atomic E-state index is 12.8. The predicted octanol–water partition coefficient (Wildman–Crippen LogP) is 3.15. The van der Waals surface area contributed by atoms with E-state index in [-0.39, 0.29) is 22.7 Å². The molecule has 10 heteroatoms. The van der Waals surface area contributed by atoms with Crippen molar-refractivity contribution in [2.24, 2.45) is 5.92 Å². The first-order chi connectivity index (χ1) is 13.9. The van der Waals surface area contributed by atoms with Gasteiger partial charge in [0.05, 0.1) is 9.77 Å². The van der Waals surface area contributed by atoms with Crippen LogP contribution in [0.3, 0.4) is 0 Å². The van der Waals surface area contributed by atoms with E-state index in [1.807, 2.05) is 24.4 Å². The lowest BCUT2D eigenvalue weighted by Crippen LogP contribution is -2.41. The van der Waals surface area contributed by atoms with E-state index >= 15 is 0 Å². The Morgan fingerprint density at radius 2 is 1.90 bits per heavy atom. The van der Waals surface area contributed by atoms with E-state index < -0.39 is 10.0 Å². The van der Waals surface area contributed by atoms with Gasteiger partial charge in [0.1, 0.15) is 0 Å². The third-order valence-corrected chi connectivity index (χ3v) is 7.64. The van der Waals surface area contributed by atoms with Crippen LogP contribution in [0.1, 0.15) is 18.4 Å². The maximum Gasteiger partial charge on any atom is 0.322 e. The number of carbonyl (C=O) groups is 1. The molecule has 2 aromatic heterocycles. The van der Waals surface area contributed by atoms with E-state index in [0.717, 1.165) is 10.4 Å². The van der Waals surface area contributed by atoms with Crippen LogP contribution >= 0.6 is 11.3 Å². The van der Waals surface area contributed by atoms with Gasteiger partial charge in [-0.05, 0) is 43.3 Å². The summed E-state index contributed by atoms with van der Waals surface area (Å²) in [7, 11) is -3.55. The predicted molar refractivity (Wildman–Crippen MR) is 109 cm³/mol. The Bertz CT molecular complexity index is 1080. The molecule has 1 fully saturated rings. The van der Waals surface area contributed by atoms with E-state index in [1.54, 1.807) is 24.3 Å². The lowest BCUT2D eigenvalue weighted by molar-refractivity contribution is -0.121. The van der Waals surface area contributed by atoms with Crippen molar-refractivity contribution in [2.45, 2.75) is 24.7 Å². The fourth-order valence-corrected chi connectivity index (χ4v) is 5.31. The molecule has 1 aliphatic rings. The standard InChI is InChI=1S/C19H20N4O4S2/c1-13-4-6-15(7-5-13)29(25,26)23-10-8-14(9-11-23)17(24)20-19-22-21-18(27-19)16-3-2-12-28-16/h2-7,12,14H,8-11H2,1H3,(H,20,22,24). The normalized spacial score (nSPS) is 16.0. The van der Waals surface area contributed by atoms with E-state index in [4.69, 9.17) is 4.42 Å². The van der Waals surface area contributed by atoms with Crippen molar-refractivity contribution < 1.29 is 17.6 Å². The SMILES string of the molecule is Cc1ccc(S(=O)(=O)N2CCC(C(=O)Nc3nnc(-c4cccs4)o3)CC2)cc1. The monoisotopic (exact) mass is 432 g/mol. The summed E-state index contributed by atoms with van der Waals surface area (Å²) in [6.45, 7) is 2.49. The number of piperidine rings is 1. The second-order valence-electron chi connectivity index (χ2n) is 6.87. The van der Waals surface area contributed by atoms with Crippen LogP contribution in [0.2, 0.25) is 0 Å². The zero-order valence-electron chi connectivity index (χ0n) is 15.7. The quantitative estimate of drug-likeness (QED) is 0.664. The van der Waals surface area contributed by atoms with Gasteiger partial charge in [-0.25, -0.2) is 8.42 Å². The first-order valence-corrected chi connectivity index (χ1v) is 11.5. The van der Waals surface area contributed by atoms with Crippen LogP contribution in [0.5, 0.6) is 0 Å². The maximum atomic E-state index is 12.8. The minimum atomic E-state index is -3.55. The molecule has 3 heterocycles. The third-order valence-electron chi connectivity index (χ3n) is 4.87. The number of aromatic nitrogens is 2. The van der Waals surface area contributed by atoms with Gasteiger partial charge in [-0.1, -0.05) is 28.9 Å². The highest BCUT2D eigenvalue weighted by molar-refractivity contribution is 7.89.